The molecule has 1 aliphatic rings. The van der Waals surface area contributed by atoms with Crippen molar-refractivity contribution in [3.8, 4) is 0 Å². The number of nitrogens with zero attached hydrogens (tertiary/aromatic N) is 4. The summed E-state index contributed by atoms with van der Waals surface area (Å²) < 4.78 is 2.20. The van der Waals surface area contributed by atoms with Gasteiger partial charge < -0.3 is 15.2 Å². The van der Waals surface area contributed by atoms with E-state index in [1.807, 2.05) is 18.5 Å². The summed E-state index contributed by atoms with van der Waals surface area (Å²) in [5.74, 6) is 2.92. The largest absolute Gasteiger partial charge is 0.357 e. The predicted octanol–water partition coefficient (Wildman–Crippen LogP) is 4.95. The molecular weight excluding hydrogens is 535 g/mol. The van der Waals surface area contributed by atoms with Crippen molar-refractivity contribution in [2.45, 2.75) is 52.7 Å². The Kier molecular flexibility index (Phi) is 11.3. The first-order valence-corrected chi connectivity index (χ1v) is 11.8. The molecule has 1 aromatic carbocycles. The van der Waals surface area contributed by atoms with E-state index in [9.17, 15) is 0 Å². The lowest BCUT2D eigenvalue weighted by molar-refractivity contribution is 0.122. The molecule has 0 amide bonds. The smallest absolute Gasteiger partial charge is 0.191 e. The third-order valence-electron chi connectivity index (χ3n) is 5.82. The van der Waals surface area contributed by atoms with Crippen molar-refractivity contribution in [3.63, 3.8) is 0 Å². The molecule has 6 nitrogen and oxygen atoms in total. The summed E-state index contributed by atoms with van der Waals surface area (Å²) in [6.45, 7) is 10.9. The van der Waals surface area contributed by atoms with Gasteiger partial charge in [0.1, 0.15) is 12.4 Å². The van der Waals surface area contributed by atoms with E-state index in [2.05, 4.69) is 71.1 Å². The first-order chi connectivity index (χ1) is 15.0. The fourth-order valence-electron chi connectivity index (χ4n) is 4.46. The van der Waals surface area contributed by atoms with Crippen LogP contribution in [-0.2, 0) is 13.1 Å². The fraction of sp³-hybridized carbons (Fsp3) is 0.583. The lowest BCUT2D eigenvalue weighted by atomic mass is 9.85. The molecule has 3 rings (SSSR count). The molecule has 32 heavy (non-hydrogen) atoms. The number of guanidine groups is 1. The number of aliphatic imine (C=N–C) groups is 1. The molecule has 2 unspecified atom stereocenters. The molecule has 2 N–H and O–H groups in total. The monoisotopic (exact) mass is 572 g/mol. The number of halogens is 2. The van der Waals surface area contributed by atoms with Gasteiger partial charge >= 0.3 is 0 Å². The summed E-state index contributed by atoms with van der Waals surface area (Å²) >= 11 is 6.29. The maximum Gasteiger partial charge on any atom is 0.191 e. The topological polar surface area (TPSA) is 57.5 Å². The molecule has 1 aliphatic heterocycles. The van der Waals surface area contributed by atoms with E-state index in [-0.39, 0.29) is 24.0 Å². The van der Waals surface area contributed by atoms with Crippen LogP contribution in [0.3, 0.4) is 0 Å². The molecule has 2 atom stereocenters. The molecule has 8 heteroatoms. The Morgan fingerprint density at radius 2 is 2.12 bits per heavy atom. The molecule has 2 aromatic rings. The van der Waals surface area contributed by atoms with Crippen LogP contribution >= 0.6 is 35.6 Å². The number of hydrogen-bond acceptors (Lipinski definition) is 3. The van der Waals surface area contributed by atoms with Crippen LogP contribution in [-0.4, -0.2) is 47.1 Å². The van der Waals surface area contributed by atoms with Crippen molar-refractivity contribution in [2.24, 2.45) is 16.8 Å². The highest BCUT2D eigenvalue weighted by atomic mass is 127. The molecular formula is C24H38ClIN6. The predicted molar refractivity (Wildman–Crippen MR) is 145 cm³/mol. The van der Waals surface area contributed by atoms with Crippen LogP contribution in [0.15, 0.2) is 41.7 Å². The number of nitrogens with one attached hydrogen (secondary N) is 2. The Bertz CT molecular complexity index is 853. The average Bonchev–Trinajstić information content (AvgIpc) is 3.16. The second-order valence-electron chi connectivity index (χ2n) is 8.85. The van der Waals surface area contributed by atoms with Crippen LogP contribution in [0.5, 0.6) is 0 Å². The van der Waals surface area contributed by atoms with Crippen LogP contribution in [0.2, 0.25) is 5.02 Å². The Morgan fingerprint density at radius 3 is 2.84 bits per heavy atom. The van der Waals surface area contributed by atoms with E-state index in [0.29, 0.717) is 24.4 Å². The van der Waals surface area contributed by atoms with E-state index in [0.717, 1.165) is 43.0 Å². The van der Waals surface area contributed by atoms with Gasteiger partial charge in [-0.3, -0.25) is 4.90 Å². The second-order valence-corrected chi connectivity index (χ2v) is 9.28. The van der Waals surface area contributed by atoms with Crippen molar-refractivity contribution in [2.75, 3.05) is 26.7 Å². The molecule has 1 aromatic heterocycles. The third kappa shape index (κ3) is 7.63. The van der Waals surface area contributed by atoms with Gasteiger partial charge in [0.05, 0.1) is 0 Å². The summed E-state index contributed by atoms with van der Waals surface area (Å²) in [5.41, 5.74) is 1.29. The summed E-state index contributed by atoms with van der Waals surface area (Å²) in [4.78, 5) is 11.8. The van der Waals surface area contributed by atoms with Gasteiger partial charge in [0, 0.05) is 43.1 Å². The Balaban J connectivity index is 0.00000363. The minimum atomic E-state index is 0. The summed E-state index contributed by atoms with van der Waals surface area (Å²) in [5, 5.41) is 7.78. The minimum absolute atomic E-state index is 0. The first-order valence-electron chi connectivity index (χ1n) is 11.5. The number of hydrogen-bond donors (Lipinski definition) is 2. The molecule has 1 fully saturated rings. The molecule has 0 spiro atoms. The van der Waals surface area contributed by atoms with E-state index in [1.54, 1.807) is 0 Å². The highest BCUT2D eigenvalue weighted by molar-refractivity contribution is 14.0. The van der Waals surface area contributed by atoms with Crippen LogP contribution in [0, 0.1) is 11.8 Å². The molecule has 2 heterocycles. The standard InChI is InChI=1S/C24H37ClN6.HI/c1-5-26-24(29-16-22-27-11-13-31(22)17-18(2)3)28-15-20-9-7-12-30(4)23(20)19-8-6-10-21(25)14-19;/h6,8,10-11,13-14,18,20,23H,5,7,9,12,15-17H2,1-4H3,(H2,26,28,29);1H. The molecule has 0 bridgehead atoms. The first kappa shape index (κ1) is 26.9. The maximum atomic E-state index is 6.29. The summed E-state index contributed by atoms with van der Waals surface area (Å²) in [6, 6.07) is 8.65. The van der Waals surface area contributed by atoms with E-state index >= 15 is 0 Å². The van der Waals surface area contributed by atoms with Crippen LogP contribution in [0.25, 0.3) is 0 Å². The second kappa shape index (κ2) is 13.4. The highest BCUT2D eigenvalue weighted by Crippen LogP contribution is 2.35. The van der Waals surface area contributed by atoms with Crippen LogP contribution in [0.4, 0.5) is 0 Å². The van der Waals surface area contributed by atoms with Crippen molar-refractivity contribution in [1.82, 2.24) is 25.1 Å². The summed E-state index contributed by atoms with van der Waals surface area (Å²) in [6.07, 6.45) is 6.30. The number of aromatic nitrogens is 2. The fourth-order valence-corrected chi connectivity index (χ4v) is 4.66. The summed E-state index contributed by atoms with van der Waals surface area (Å²) in [7, 11) is 2.21. The number of benzene rings is 1. The van der Waals surface area contributed by atoms with Gasteiger partial charge in [0.15, 0.2) is 5.96 Å². The zero-order valence-corrected chi connectivity index (χ0v) is 22.8. The van der Waals surface area contributed by atoms with Crippen molar-refractivity contribution < 1.29 is 0 Å². The number of rotatable bonds is 8. The Hall–Kier alpha value is -1.32. The van der Waals surface area contributed by atoms with Crippen molar-refractivity contribution in [1.29, 1.82) is 0 Å². The lowest BCUT2D eigenvalue weighted by Gasteiger charge is -2.40. The molecule has 0 aliphatic carbocycles. The van der Waals surface area contributed by atoms with E-state index in [4.69, 9.17) is 16.6 Å². The number of piperidine rings is 1. The third-order valence-corrected chi connectivity index (χ3v) is 6.05. The molecule has 0 saturated carbocycles. The Labute approximate surface area is 215 Å². The lowest BCUT2D eigenvalue weighted by Crippen LogP contribution is -2.45. The van der Waals surface area contributed by atoms with Crippen molar-refractivity contribution >= 4 is 41.5 Å². The van der Waals surface area contributed by atoms with Gasteiger partial charge in [-0.05, 0) is 62.9 Å². The van der Waals surface area contributed by atoms with Crippen molar-refractivity contribution in [3.05, 3.63) is 53.1 Å². The number of imidazole rings is 1. The van der Waals surface area contributed by atoms with Gasteiger partial charge in [-0.2, -0.15) is 0 Å². The molecule has 1 saturated heterocycles. The SMILES string of the molecule is CCNC(=NCc1nccn1CC(C)C)NCC1CCCN(C)C1c1cccc(Cl)c1.I. The average molecular weight is 573 g/mol. The van der Waals surface area contributed by atoms with Gasteiger partial charge in [-0.25, -0.2) is 9.98 Å². The molecule has 0 radical (unpaired) electrons. The maximum absolute atomic E-state index is 6.29. The van der Waals surface area contributed by atoms with Gasteiger partial charge in [-0.15, -0.1) is 24.0 Å². The van der Waals surface area contributed by atoms with E-state index in [1.165, 1.54) is 18.4 Å². The van der Waals surface area contributed by atoms with E-state index < -0.39 is 0 Å². The zero-order chi connectivity index (χ0) is 22.2. The molecule has 178 valence electrons. The highest BCUT2D eigenvalue weighted by Gasteiger charge is 2.30. The van der Waals surface area contributed by atoms with Gasteiger partial charge in [0.2, 0.25) is 0 Å². The quantitative estimate of drug-likeness (QED) is 0.267. The van der Waals surface area contributed by atoms with Gasteiger partial charge in [0.25, 0.3) is 0 Å². The zero-order valence-electron chi connectivity index (χ0n) is 19.7. The Morgan fingerprint density at radius 1 is 1.31 bits per heavy atom. The normalized spacial score (nSPS) is 19.6. The number of likely N-dealkylation sites (tertiary alicyclic amines) is 1. The minimum Gasteiger partial charge on any atom is -0.357 e. The van der Waals surface area contributed by atoms with Gasteiger partial charge in [-0.1, -0.05) is 37.6 Å². The van der Waals surface area contributed by atoms with Crippen LogP contribution in [0.1, 0.15) is 51.0 Å². The van der Waals surface area contributed by atoms with Crippen LogP contribution < -0.4 is 10.6 Å².